The molecule has 0 unspecified atom stereocenters. The highest BCUT2D eigenvalue weighted by Crippen LogP contribution is 2.35. The lowest BCUT2D eigenvalue weighted by Gasteiger charge is -2.23. The molecule has 0 spiro atoms. The lowest BCUT2D eigenvalue weighted by atomic mass is 10.1. The monoisotopic (exact) mass is 400 g/mol. The van der Waals surface area contributed by atoms with Gasteiger partial charge >= 0.3 is 0 Å². The summed E-state index contributed by atoms with van der Waals surface area (Å²) in [6.45, 7) is 2.00. The van der Waals surface area contributed by atoms with Gasteiger partial charge in [0.2, 0.25) is 0 Å². The summed E-state index contributed by atoms with van der Waals surface area (Å²) in [5.41, 5.74) is 5.76. The van der Waals surface area contributed by atoms with Gasteiger partial charge in [0.1, 0.15) is 11.8 Å². The van der Waals surface area contributed by atoms with E-state index in [4.69, 9.17) is 16.0 Å². The molecule has 4 rings (SSSR count). The van der Waals surface area contributed by atoms with Crippen molar-refractivity contribution in [3.8, 4) is 0 Å². The molecule has 1 aliphatic rings. The number of nitrogens with zero attached hydrogens (tertiary/aromatic N) is 1. The molecule has 0 amide bonds. The Morgan fingerprint density at radius 3 is 2.37 bits per heavy atom. The highest BCUT2D eigenvalue weighted by atomic mass is 35.5. The molecule has 138 valence electrons. The minimum Gasteiger partial charge on any atom is -0.467 e. The highest BCUT2D eigenvalue weighted by Gasteiger charge is 2.38. The van der Waals surface area contributed by atoms with Gasteiger partial charge in [-0.2, -0.15) is 0 Å². The van der Waals surface area contributed by atoms with Crippen molar-refractivity contribution in [3.05, 3.63) is 94.9 Å². The number of hydrogen-bond donors (Lipinski definition) is 1. The van der Waals surface area contributed by atoms with Crippen molar-refractivity contribution in [2.45, 2.75) is 17.9 Å². The van der Waals surface area contributed by atoms with Crippen LogP contribution in [-0.2, 0) is 10.0 Å². The number of hydrazine groups is 1. The van der Waals surface area contributed by atoms with Crippen LogP contribution >= 0.6 is 11.6 Å². The maximum Gasteiger partial charge on any atom is 0.260 e. The Hall–Kier alpha value is -2.54. The third-order valence-electron chi connectivity index (χ3n) is 4.38. The van der Waals surface area contributed by atoms with Gasteiger partial charge in [-0.05, 0) is 55.0 Å². The standard InChI is InChI=1S/C20H17ClN2O3S/c1-14-4-6-15(7-5-14)18-13-19(20-3-2-12-26-20)23(22-18)27(24,25)17-10-8-16(21)9-11-17/h2-13,19,22H,1H3/t19-/m0/s1. The van der Waals surface area contributed by atoms with Crippen molar-refractivity contribution in [2.75, 3.05) is 0 Å². The molecule has 27 heavy (non-hydrogen) atoms. The van der Waals surface area contributed by atoms with Crippen molar-refractivity contribution in [2.24, 2.45) is 0 Å². The van der Waals surface area contributed by atoms with Gasteiger partial charge in [0.15, 0.2) is 0 Å². The molecule has 2 heterocycles. The fraction of sp³-hybridized carbons (Fsp3) is 0.100. The van der Waals surface area contributed by atoms with Gasteiger partial charge in [0.25, 0.3) is 10.0 Å². The summed E-state index contributed by atoms with van der Waals surface area (Å²) in [7, 11) is -3.83. The average Bonchev–Trinajstić information content (AvgIpc) is 3.32. The Kier molecular flexibility index (Phi) is 4.55. The SMILES string of the molecule is Cc1ccc(C2=C[C@@H](c3ccco3)N(S(=O)(=O)c3ccc(Cl)cc3)N2)cc1. The van der Waals surface area contributed by atoms with Crippen molar-refractivity contribution < 1.29 is 12.8 Å². The first kappa shape index (κ1) is 17.9. The van der Waals surface area contributed by atoms with Crippen LogP contribution in [0.3, 0.4) is 0 Å². The third-order valence-corrected chi connectivity index (χ3v) is 6.33. The smallest absolute Gasteiger partial charge is 0.260 e. The van der Waals surface area contributed by atoms with Crippen LogP contribution in [-0.4, -0.2) is 12.8 Å². The van der Waals surface area contributed by atoms with E-state index < -0.39 is 16.1 Å². The zero-order chi connectivity index (χ0) is 19.0. The van der Waals surface area contributed by atoms with Crippen LogP contribution in [0.1, 0.15) is 22.9 Å². The highest BCUT2D eigenvalue weighted by molar-refractivity contribution is 7.89. The van der Waals surface area contributed by atoms with Crippen LogP contribution in [0.25, 0.3) is 5.70 Å². The first-order valence-corrected chi connectivity index (χ1v) is 10.2. The van der Waals surface area contributed by atoms with Gasteiger partial charge in [0, 0.05) is 5.02 Å². The molecule has 3 aromatic rings. The summed E-state index contributed by atoms with van der Waals surface area (Å²) in [6.07, 6.45) is 3.37. The lowest BCUT2D eigenvalue weighted by molar-refractivity contribution is 0.310. The van der Waals surface area contributed by atoms with Crippen LogP contribution in [0.2, 0.25) is 5.02 Å². The number of sulfonamides is 1. The number of benzene rings is 2. The van der Waals surface area contributed by atoms with E-state index in [1.165, 1.54) is 22.8 Å². The van der Waals surface area contributed by atoms with E-state index in [0.29, 0.717) is 16.5 Å². The van der Waals surface area contributed by atoms with Gasteiger partial charge in [0.05, 0.1) is 16.9 Å². The fourth-order valence-corrected chi connectivity index (χ4v) is 4.45. The predicted octanol–water partition coefficient (Wildman–Crippen LogP) is 4.53. The summed E-state index contributed by atoms with van der Waals surface area (Å²) >= 11 is 5.90. The molecule has 0 fully saturated rings. The zero-order valence-electron chi connectivity index (χ0n) is 14.5. The molecule has 0 aliphatic carbocycles. The van der Waals surface area contributed by atoms with Gasteiger partial charge in [-0.1, -0.05) is 45.8 Å². The number of halogens is 1. The van der Waals surface area contributed by atoms with E-state index in [9.17, 15) is 8.42 Å². The largest absolute Gasteiger partial charge is 0.467 e. The van der Waals surface area contributed by atoms with E-state index >= 15 is 0 Å². The van der Waals surface area contributed by atoms with Crippen molar-refractivity contribution >= 4 is 27.3 Å². The van der Waals surface area contributed by atoms with Crippen LogP contribution in [0.4, 0.5) is 0 Å². The average molecular weight is 401 g/mol. The van der Waals surface area contributed by atoms with E-state index in [-0.39, 0.29) is 4.90 Å². The molecule has 1 aromatic heterocycles. The molecule has 0 saturated heterocycles. The second-order valence-electron chi connectivity index (χ2n) is 6.27. The van der Waals surface area contributed by atoms with Crippen LogP contribution in [0, 0.1) is 6.92 Å². The minimum atomic E-state index is -3.83. The van der Waals surface area contributed by atoms with Gasteiger partial charge in [-0.15, -0.1) is 0 Å². The number of aryl methyl sites for hydroxylation is 1. The minimum absolute atomic E-state index is 0.148. The number of hydrogen-bond acceptors (Lipinski definition) is 4. The summed E-state index contributed by atoms with van der Waals surface area (Å²) in [6, 6.07) is 16.8. The molecule has 0 bridgehead atoms. The van der Waals surface area contributed by atoms with Gasteiger partial charge in [-0.3, -0.25) is 0 Å². The van der Waals surface area contributed by atoms with Crippen molar-refractivity contribution in [1.29, 1.82) is 0 Å². The van der Waals surface area contributed by atoms with Crippen molar-refractivity contribution in [3.63, 3.8) is 0 Å². The van der Waals surface area contributed by atoms with Crippen LogP contribution in [0.5, 0.6) is 0 Å². The fourth-order valence-electron chi connectivity index (χ4n) is 2.93. The number of rotatable bonds is 4. The predicted molar refractivity (Wildman–Crippen MR) is 104 cm³/mol. The number of nitrogens with one attached hydrogen (secondary N) is 1. The van der Waals surface area contributed by atoms with Crippen molar-refractivity contribution in [1.82, 2.24) is 9.84 Å². The summed E-state index contributed by atoms with van der Waals surface area (Å²) in [5, 5.41) is 0.476. The number of furan rings is 1. The maximum atomic E-state index is 13.2. The van der Waals surface area contributed by atoms with Gasteiger partial charge in [-0.25, -0.2) is 8.42 Å². The molecular formula is C20H17ClN2O3S. The Morgan fingerprint density at radius 2 is 1.74 bits per heavy atom. The Morgan fingerprint density at radius 1 is 1.04 bits per heavy atom. The maximum absolute atomic E-state index is 13.2. The molecule has 7 heteroatoms. The van der Waals surface area contributed by atoms with Crippen LogP contribution < -0.4 is 5.43 Å². The molecule has 1 atom stereocenters. The summed E-state index contributed by atoms with van der Waals surface area (Å²) in [5.74, 6) is 0.530. The van der Waals surface area contributed by atoms with E-state index in [1.807, 2.05) is 37.3 Å². The quantitative estimate of drug-likeness (QED) is 0.698. The van der Waals surface area contributed by atoms with Crippen LogP contribution in [0.15, 0.2) is 82.3 Å². The van der Waals surface area contributed by atoms with E-state index in [1.54, 1.807) is 24.3 Å². The zero-order valence-corrected chi connectivity index (χ0v) is 16.0. The normalized spacial score (nSPS) is 17.6. The summed E-state index contributed by atoms with van der Waals surface area (Å²) < 4.78 is 33.2. The van der Waals surface area contributed by atoms with E-state index in [0.717, 1.165) is 11.1 Å². The third kappa shape index (κ3) is 3.39. The Bertz CT molecular complexity index is 1070. The molecule has 5 nitrogen and oxygen atoms in total. The topological polar surface area (TPSA) is 62.6 Å². The molecule has 0 radical (unpaired) electrons. The molecule has 1 N–H and O–H groups in total. The molecule has 1 aliphatic heterocycles. The molecule has 0 saturated carbocycles. The Balaban J connectivity index is 1.75. The molecule has 2 aromatic carbocycles. The second-order valence-corrected chi connectivity index (χ2v) is 8.52. The van der Waals surface area contributed by atoms with E-state index in [2.05, 4.69) is 5.43 Å². The summed E-state index contributed by atoms with van der Waals surface area (Å²) in [4.78, 5) is 0.148. The Labute approximate surface area is 162 Å². The molecular weight excluding hydrogens is 384 g/mol. The lowest BCUT2D eigenvalue weighted by Crippen LogP contribution is -2.39. The van der Waals surface area contributed by atoms with Gasteiger partial charge < -0.3 is 9.84 Å². The first-order chi connectivity index (χ1) is 12.9. The second kappa shape index (κ2) is 6.88. The first-order valence-electron chi connectivity index (χ1n) is 8.34.